The standard InChI is InChI=1S/C21H23BrN4O3/c1-3-21(29)25-9-15(10-25)23-20(28)12-26-18-5-4-14(22)8-16(18)17-11-24(13(2)27)7-6-19(17)26/h3-5,8,15H,1,6-7,9-12H2,2H3,(H,23,28). The number of carbonyl (C=O) groups excluding carboxylic acids is 3. The van der Waals surface area contributed by atoms with Gasteiger partial charge in [-0.25, -0.2) is 0 Å². The Bertz CT molecular complexity index is 1020. The van der Waals surface area contributed by atoms with Gasteiger partial charge in [0.1, 0.15) is 6.54 Å². The maximum absolute atomic E-state index is 12.7. The number of hydrogen-bond donors (Lipinski definition) is 1. The maximum Gasteiger partial charge on any atom is 0.246 e. The fraction of sp³-hybridized carbons (Fsp3) is 0.381. The first-order valence-electron chi connectivity index (χ1n) is 9.63. The minimum absolute atomic E-state index is 0.0219. The fourth-order valence-electron chi connectivity index (χ4n) is 4.17. The molecule has 0 spiro atoms. The average molecular weight is 459 g/mol. The molecule has 1 fully saturated rings. The Morgan fingerprint density at radius 3 is 2.72 bits per heavy atom. The van der Waals surface area contributed by atoms with E-state index in [1.54, 1.807) is 11.8 Å². The van der Waals surface area contributed by atoms with Crippen LogP contribution in [0.4, 0.5) is 0 Å². The van der Waals surface area contributed by atoms with Gasteiger partial charge in [0, 0.05) is 66.2 Å². The molecule has 2 aliphatic rings. The lowest BCUT2D eigenvalue weighted by Gasteiger charge is -2.39. The number of nitrogens with zero attached hydrogens (tertiary/aromatic N) is 3. The number of fused-ring (bicyclic) bond motifs is 3. The van der Waals surface area contributed by atoms with Crippen LogP contribution in [0.2, 0.25) is 0 Å². The van der Waals surface area contributed by atoms with Crippen LogP contribution in [-0.2, 0) is 33.9 Å². The zero-order valence-corrected chi connectivity index (χ0v) is 17.9. The molecule has 3 amide bonds. The molecule has 1 N–H and O–H groups in total. The number of carbonyl (C=O) groups is 3. The molecule has 7 nitrogen and oxygen atoms in total. The van der Waals surface area contributed by atoms with E-state index in [0.29, 0.717) is 26.2 Å². The van der Waals surface area contributed by atoms with Gasteiger partial charge >= 0.3 is 0 Å². The molecule has 0 atom stereocenters. The summed E-state index contributed by atoms with van der Waals surface area (Å²) in [4.78, 5) is 39.6. The number of hydrogen-bond acceptors (Lipinski definition) is 3. The van der Waals surface area contributed by atoms with Crippen molar-refractivity contribution in [2.45, 2.75) is 32.5 Å². The van der Waals surface area contributed by atoms with Gasteiger partial charge in [-0.1, -0.05) is 22.5 Å². The Balaban J connectivity index is 1.55. The smallest absolute Gasteiger partial charge is 0.246 e. The zero-order chi connectivity index (χ0) is 20.7. The average Bonchev–Trinajstić information content (AvgIpc) is 2.96. The van der Waals surface area contributed by atoms with Crippen LogP contribution >= 0.6 is 15.9 Å². The summed E-state index contributed by atoms with van der Waals surface area (Å²) in [6.45, 7) is 7.54. The number of benzene rings is 1. The van der Waals surface area contributed by atoms with Crippen molar-refractivity contribution in [1.29, 1.82) is 0 Å². The lowest BCUT2D eigenvalue weighted by molar-refractivity contribution is -0.133. The molecule has 0 saturated carbocycles. The summed E-state index contributed by atoms with van der Waals surface area (Å²) in [6, 6.07) is 6.01. The molecule has 4 rings (SSSR count). The van der Waals surface area contributed by atoms with Crippen LogP contribution in [0.5, 0.6) is 0 Å². The summed E-state index contributed by atoms with van der Waals surface area (Å²) in [6.07, 6.45) is 2.01. The van der Waals surface area contributed by atoms with Crippen LogP contribution in [0.25, 0.3) is 10.9 Å². The lowest BCUT2D eigenvalue weighted by Crippen LogP contribution is -2.61. The Morgan fingerprint density at radius 1 is 1.28 bits per heavy atom. The summed E-state index contributed by atoms with van der Waals surface area (Å²) in [5.74, 6) is -0.119. The van der Waals surface area contributed by atoms with E-state index in [9.17, 15) is 14.4 Å². The molecule has 2 aliphatic heterocycles. The monoisotopic (exact) mass is 458 g/mol. The number of halogens is 1. The van der Waals surface area contributed by atoms with Gasteiger partial charge in [0.15, 0.2) is 0 Å². The van der Waals surface area contributed by atoms with Gasteiger partial charge in [0.05, 0.1) is 6.04 Å². The van der Waals surface area contributed by atoms with E-state index < -0.39 is 0 Å². The van der Waals surface area contributed by atoms with Gasteiger partial charge in [0.25, 0.3) is 0 Å². The predicted octanol–water partition coefficient (Wildman–Crippen LogP) is 1.82. The Kier molecular flexibility index (Phi) is 5.21. The van der Waals surface area contributed by atoms with Crippen molar-refractivity contribution in [3.8, 4) is 0 Å². The molecule has 0 bridgehead atoms. The van der Waals surface area contributed by atoms with Crippen molar-refractivity contribution >= 4 is 44.6 Å². The third-order valence-corrected chi connectivity index (χ3v) is 6.19. The van der Waals surface area contributed by atoms with Crippen LogP contribution in [0.3, 0.4) is 0 Å². The first kappa shape index (κ1) is 19.7. The van der Waals surface area contributed by atoms with Crippen molar-refractivity contribution in [2.24, 2.45) is 0 Å². The summed E-state index contributed by atoms with van der Waals surface area (Å²) in [7, 11) is 0. The van der Waals surface area contributed by atoms with Gasteiger partial charge < -0.3 is 19.7 Å². The van der Waals surface area contributed by atoms with Crippen molar-refractivity contribution < 1.29 is 14.4 Å². The Hall–Kier alpha value is -2.61. The number of aromatic nitrogens is 1. The lowest BCUT2D eigenvalue weighted by atomic mass is 10.0. The van der Waals surface area contributed by atoms with Gasteiger partial charge in [-0.3, -0.25) is 14.4 Å². The molecule has 0 radical (unpaired) electrons. The third kappa shape index (κ3) is 3.69. The van der Waals surface area contributed by atoms with Crippen molar-refractivity contribution in [2.75, 3.05) is 19.6 Å². The number of amides is 3. The second-order valence-electron chi connectivity index (χ2n) is 7.58. The van der Waals surface area contributed by atoms with E-state index >= 15 is 0 Å². The summed E-state index contributed by atoms with van der Waals surface area (Å²) >= 11 is 3.53. The number of nitrogens with one attached hydrogen (secondary N) is 1. The Labute approximate surface area is 177 Å². The van der Waals surface area contributed by atoms with Crippen LogP contribution in [0.1, 0.15) is 18.2 Å². The van der Waals surface area contributed by atoms with Crippen molar-refractivity contribution in [1.82, 2.24) is 19.7 Å². The molecule has 0 unspecified atom stereocenters. The van der Waals surface area contributed by atoms with Gasteiger partial charge in [0.2, 0.25) is 17.7 Å². The van der Waals surface area contributed by atoms with Crippen molar-refractivity contribution in [3.05, 3.63) is 46.6 Å². The van der Waals surface area contributed by atoms with E-state index in [2.05, 4.69) is 38.5 Å². The SMILES string of the molecule is C=CC(=O)N1CC(NC(=O)Cn2c3c(c4cc(Br)ccc42)CN(C(C)=O)CC3)C1. The minimum atomic E-state index is -0.110. The first-order chi connectivity index (χ1) is 13.9. The van der Waals surface area contributed by atoms with Crippen LogP contribution in [0, 0.1) is 0 Å². The highest BCUT2D eigenvalue weighted by Gasteiger charge is 2.31. The molecule has 3 heterocycles. The van der Waals surface area contributed by atoms with Crippen LogP contribution in [0.15, 0.2) is 35.3 Å². The topological polar surface area (TPSA) is 74.7 Å². The van der Waals surface area contributed by atoms with E-state index in [4.69, 9.17) is 0 Å². The molecule has 8 heteroatoms. The second kappa shape index (κ2) is 7.67. The van der Waals surface area contributed by atoms with E-state index in [1.165, 1.54) is 6.08 Å². The van der Waals surface area contributed by atoms with E-state index in [0.717, 1.165) is 33.1 Å². The largest absolute Gasteiger partial charge is 0.348 e. The molecule has 2 aromatic rings. The van der Waals surface area contributed by atoms with Crippen LogP contribution in [-0.4, -0.2) is 57.8 Å². The molecule has 1 aromatic heterocycles. The molecule has 1 aromatic carbocycles. The Morgan fingerprint density at radius 2 is 2.03 bits per heavy atom. The van der Waals surface area contributed by atoms with E-state index in [-0.39, 0.29) is 30.3 Å². The summed E-state index contributed by atoms with van der Waals surface area (Å²) in [5, 5.41) is 4.08. The molecular formula is C21H23BrN4O3. The highest BCUT2D eigenvalue weighted by atomic mass is 79.9. The second-order valence-corrected chi connectivity index (χ2v) is 8.49. The van der Waals surface area contributed by atoms with Gasteiger partial charge in [-0.05, 0) is 24.3 Å². The molecular weight excluding hydrogens is 436 g/mol. The molecule has 1 saturated heterocycles. The number of rotatable bonds is 4. The highest BCUT2D eigenvalue weighted by molar-refractivity contribution is 9.10. The first-order valence-corrected chi connectivity index (χ1v) is 10.4. The summed E-state index contributed by atoms with van der Waals surface area (Å²) in [5.41, 5.74) is 3.22. The van der Waals surface area contributed by atoms with Gasteiger partial charge in [-0.2, -0.15) is 0 Å². The fourth-order valence-corrected chi connectivity index (χ4v) is 4.53. The van der Waals surface area contributed by atoms with Crippen molar-refractivity contribution in [3.63, 3.8) is 0 Å². The zero-order valence-electron chi connectivity index (χ0n) is 16.3. The summed E-state index contributed by atoms with van der Waals surface area (Å²) < 4.78 is 3.03. The highest BCUT2D eigenvalue weighted by Crippen LogP contribution is 2.33. The number of likely N-dealkylation sites (tertiary alicyclic amines) is 1. The normalized spacial score (nSPS) is 16.3. The van der Waals surface area contributed by atoms with Gasteiger partial charge in [-0.15, -0.1) is 0 Å². The molecule has 29 heavy (non-hydrogen) atoms. The molecule has 152 valence electrons. The molecule has 0 aliphatic carbocycles. The third-order valence-electron chi connectivity index (χ3n) is 5.70. The minimum Gasteiger partial charge on any atom is -0.348 e. The van der Waals surface area contributed by atoms with Crippen LogP contribution < -0.4 is 5.32 Å². The predicted molar refractivity (Wildman–Crippen MR) is 113 cm³/mol. The quantitative estimate of drug-likeness (QED) is 0.710. The van der Waals surface area contributed by atoms with E-state index in [1.807, 2.05) is 17.0 Å². The maximum atomic E-state index is 12.7.